The number of halogens is 3. The van der Waals surface area contributed by atoms with Gasteiger partial charge in [0.15, 0.2) is 0 Å². The number of aromatic amines is 1. The first-order valence-corrected chi connectivity index (χ1v) is 14.1. The van der Waals surface area contributed by atoms with Gasteiger partial charge in [0.25, 0.3) is 0 Å². The third kappa shape index (κ3) is 5.54. The Morgan fingerprint density at radius 3 is 2.74 bits per heavy atom. The van der Waals surface area contributed by atoms with E-state index in [9.17, 15) is 18.4 Å². The maximum absolute atomic E-state index is 13.4. The molecule has 0 atom stereocenters. The van der Waals surface area contributed by atoms with E-state index in [1.165, 1.54) is 6.33 Å². The molecule has 0 bridgehead atoms. The fourth-order valence-electron chi connectivity index (χ4n) is 6.10. The highest BCUT2D eigenvalue weighted by Crippen LogP contribution is 2.45. The van der Waals surface area contributed by atoms with Crippen LogP contribution < -0.4 is 10.6 Å². The van der Waals surface area contributed by atoms with Crippen molar-refractivity contribution in [2.75, 3.05) is 25.0 Å². The zero-order chi connectivity index (χ0) is 29.3. The number of piperidine rings is 1. The Balaban J connectivity index is 1.09. The molecule has 1 saturated heterocycles. The van der Waals surface area contributed by atoms with Crippen molar-refractivity contribution >= 4 is 16.9 Å². The average Bonchev–Trinajstić information content (AvgIpc) is 3.64. The number of aromatic nitrogens is 7. The number of H-pyrrole nitrogens is 1. The second kappa shape index (κ2) is 11.3. The number of anilines is 1. The summed E-state index contributed by atoms with van der Waals surface area (Å²) in [4.78, 5) is 21.7. The molecule has 0 aromatic carbocycles. The van der Waals surface area contributed by atoms with Gasteiger partial charge in [-0.2, -0.15) is 23.5 Å². The van der Waals surface area contributed by atoms with E-state index >= 15 is 0 Å². The van der Waals surface area contributed by atoms with Crippen LogP contribution in [0.4, 0.5) is 19.0 Å². The molecular formula is C28H32F3N11. The first kappa shape index (κ1) is 28.0. The standard InChI is InChI=1S/C28H32F3N11/c1-2-33-15-20-11-23(40-26(39-20)28(29,30)31)38-19-4-9-41(10-5-19)21-12-27(13-21,6-7-32)42-16-18(14-37-42)24-22-3-8-34-25(22)36-17-35-24/h3,8,11,14,16-17,19,21,33H,2,4-6,9-10,12-13,15H2,1H3,(H,34,35,36)(H,38,39,40)/t21-,27+. The number of rotatable bonds is 9. The highest BCUT2D eigenvalue weighted by Gasteiger charge is 2.49. The van der Waals surface area contributed by atoms with Gasteiger partial charge in [-0.05, 0) is 38.3 Å². The van der Waals surface area contributed by atoms with E-state index in [4.69, 9.17) is 0 Å². The molecule has 220 valence electrons. The number of nitriles is 1. The van der Waals surface area contributed by atoms with Crippen LogP contribution in [-0.4, -0.2) is 71.3 Å². The Hall–Kier alpha value is -4.09. The number of hydrogen-bond donors (Lipinski definition) is 3. The van der Waals surface area contributed by atoms with Gasteiger partial charge in [-0.1, -0.05) is 6.92 Å². The van der Waals surface area contributed by atoms with Crippen molar-refractivity contribution in [2.45, 2.75) is 69.4 Å². The summed E-state index contributed by atoms with van der Waals surface area (Å²) < 4.78 is 42.1. The third-order valence-electron chi connectivity index (χ3n) is 8.32. The summed E-state index contributed by atoms with van der Waals surface area (Å²) in [6, 6.07) is 6.21. The quantitative estimate of drug-likeness (QED) is 0.268. The summed E-state index contributed by atoms with van der Waals surface area (Å²) in [5.41, 5.74) is 2.36. The molecular weight excluding hydrogens is 547 g/mol. The predicted octanol–water partition coefficient (Wildman–Crippen LogP) is 4.09. The Morgan fingerprint density at radius 2 is 2.00 bits per heavy atom. The smallest absolute Gasteiger partial charge is 0.367 e. The third-order valence-corrected chi connectivity index (χ3v) is 8.32. The van der Waals surface area contributed by atoms with Crippen LogP contribution in [0.1, 0.15) is 50.5 Å². The molecule has 1 aliphatic carbocycles. The minimum atomic E-state index is -4.61. The molecule has 0 amide bonds. The van der Waals surface area contributed by atoms with E-state index in [0.29, 0.717) is 24.7 Å². The minimum Gasteiger partial charge on any atom is -0.367 e. The van der Waals surface area contributed by atoms with E-state index in [-0.39, 0.29) is 23.9 Å². The SMILES string of the molecule is CCNCc1cc(NC2CCN([C@H]3C[C@@](CC#N)(n4cc(-c5ncnc6[nH]ccc56)cn4)C3)CC2)nc(C(F)(F)F)n1. The van der Waals surface area contributed by atoms with Gasteiger partial charge in [-0.15, -0.1) is 0 Å². The molecule has 1 saturated carbocycles. The molecule has 14 heteroatoms. The van der Waals surface area contributed by atoms with Gasteiger partial charge in [0.05, 0.1) is 35.6 Å². The summed E-state index contributed by atoms with van der Waals surface area (Å²) >= 11 is 0. The van der Waals surface area contributed by atoms with Crippen molar-refractivity contribution in [3.63, 3.8) is 0 Å². The molecule has 42 heavy (non-hydrogen) atoms. The van der Waals surface area contributed by atoms with Crippen LogP contribution in [0, 0.1) is 11.3 Å². The van der Waals surface area contributed by atoms with E-state index in [1.54, 1.807) is 12.3 Å². The fraction of sp³-hybridized carbons (Fsp3) is 0.500. The summed E-state index contributed by atoms with van der Waals surface area (Å²) in [6.45, 7) is 4.38. The van der Waals surface area contributed by atoms with Gasteiger partial charge < -0.3 is 20.5 Å². The summed E-state index contributed by atoms with van der Waals surface area (Å²) in [5.74, 6) is -0.921. The Bertz CT molecular complexity index is 1570. The molecule has 2 aliphatic rings. The van der Waals surface area contributed by atoms with E-state index < -0.39 is 12.0 Å². The number of nitrogens with zero attached hydrogens (tertiary/aromatic N) is 8. The summed E-state index contributed by atoms with van der Waals surface area (Å²) in [7, 11) is 0. The zero-order valence-corrected chi connectivity index (χ0v) is 23.2. The van der Waals surface area contributed by atoms with Crippen molar-refractivity contribution in [3.05, 3.63) is 48.6 Å². The van der Waals surface area contributed by atoms with Crippen LogP contribution in [-0.2, 0) is 18.3 Å². The van der Waals surface area contributed by atoms with Crippen LogP contribution in [0.2, 0.25) is 0 Å². The Labute approximate surface area is 240 Å². The Morgan fingerprint density at radius 1 is 1.19 bits per heavy atom. The fourth-order valence-corrected chi connectivity index (χ4v) is 6.10. The lowest BCUT2D eigenvalue weighted by Crippen LogP contribution is -2.58. The molecule has 5 heterocycles. The largest absolute Gasteiger partial charge is 0.451 e. The first-order chi connectivity index (χ1) is 20.3. The van der Waals surface area contributed by atoms with Crippen LogP contribution in [0.5, 0.6) is 0 Å². The lowest BCUT2D eigenvalue weighted by Gasteiger charge is -2.52. The maximum atomic E-state index is 13.4. The number of fused-ring (bicyclic) bond motifs is 1. The number of likely N-dealkylation sites (tertiary alicyclic amines) is 1. The maximum Gasteiger partial charge on any atom is 0.451 e. The lowest BCUT2D eigenvalue weighted by molar-refractivity contribution is -0.145. The van der Waals surface area contributed by atoms with Gasteiger partial charge in [-0.25, -0.2) is 19.9 Å². The summed E-state index contributed by atoms with van der Waals surface area (Å²) in [6.07, 6.45) is 6.03. The molecule has 0 radical (unpaired) electrons. The van der Waals surface area contributed by atoms with Gasteiger partial charge in [0, 0.05) is 61.1 Å². The molecule has 2 fully saturated rings. The van der Waals surface area contributed by atoms with E-state index in [2.05, 4.69) is 51.6 Å². The normalized spacial score (nSPS) is 21.7. The average molecular weight is 580 g/mol. The Kier molecular flexibility index (Phi) is 7.54. The van der Waals surface area contributed by atoms with E-state index in [0.717, 1.165) is 61.1 Å². The minimum absolute atomic E-state index is 0.0139. The molecule has 4 aromatic heterocycles. The molecule has 0 unspecified atom stereocenters. The number of nitrogens with one attached hydrogen (secondary N) is 3. The van der Waals surface area contributed by atoms with Crippen LogP contribution in [0.15, 0.2) is 37.1 Å². The summed E-state index contributed by atoms with van der Waals surface area (Å²) in [5, 5.41) is 21.5. The van der Waals surface area contributed by atoms with Crippen molar-refractivity contribution in [1.82, 2.24) is 44.9 Å². The zero-order valence-electron chi connectivity index (χ0n) is 23.2. The van der Waals surface area contributed by atoms with Crippen molar-refractivity contribution in [2.24, 2.45) is 0 Å². The molecule has 4 aromatic rings. The van der Waals surface area contributed by atoms with Crippen LogP contribution in [0.3, 0.4) is 0 Å². The molecule has 0 spiro atoms. The van der Waals surface area contributed by atoms with Gasteiger partial charge in [0.1, 0.15) is 17.8 Å². The van der Waals surface area contributed by atoms with Crippen molar-refractivity contribution < 1.29 is 13.2 Å². The monoisotopic (exact) mass is 579 g/mol. The lowest BCUT2D eigenvalue weighted by atomic mass is 9.69. The second-order valence-corrected chi connectivity index (χ2v) is 11.1. The molecule has 3 N–H and O–H groups in total. The predicted molar refractivity (Wildman–Crippen MR) is 149 cm³/mol. The molecule has 1 aliphatic heterocycles. The number of hydrogen-bond acceptors (Lipinski definition) is 9. The second-order valence-electron chi connectivity index (χ2n) is 11.1. The highest BCUT2D eigenvalue weighted by molar-refractivity contribution is 5.90. The number of alkyl halides is 3. The molecule has 6 rings (SSSR count). The van der Waals surface area contributed by atoms with Crippen molar-refractivity contribution in [1.29, 1.82) is 5.26 Å². The molecule has 11 nitrogen and oxygen atoms in total. The van der Waals surface area contributed by atoms with Crippen LogP contribution >= 0.6 is 0 Å². The highest BCUT2D eigenvalue weighted by atomic mass is 19.4. The topological polar surface area (TPSA) is 136 Å². The van der Waals surface area contributed by atoms with Crippen molar-refractivity contribution in [3.8, 4) is 17.3 Å². The first-order valence-electron chi connectivity index (χ1n) is 14.1. The van der Waals surface area contributed by atoms with Crippen LogP contribution in [0.25, 0.3) is 22.3 Å². The van der Waals surface area contributed by atoms with Gasteiger partial charge in [0.2, 0.25) is 5.82 Å². The van der Waals surface area contributed by atoms with Gasteiger partial charge >= 0.3 is 6.18 Å². The van der Waals surface area contributed by atoms with E-state index in [1.807, 2.05) is 30.1 Å². The van der Waals surface area contributed by atoms with Gasteiger partial charge in [-0.3, -0.25) is 4.68 Å².